The summed E-state index contributed by atoms with van der Waals surface area (Å²) in [5.74, 6) is 1.13. The topological polar surface area (TPSA) is 108 Å². The van der Waals surface area contributed by atoms with Crippen LogP contribution in [0.2, 0.25) is 0 Å². The van der Waals surface area contributed by atoms with Gasteiger partial charge < -0.3 is 9.94 Å². The zero-order valence-corrected chi connectivity index (χ0v) is 14.0. The lowest BCUT2D eigenvalue weighted by atomic mass is 10.2. The van der Waals surface area contributed by atoms with Crippen molar-refractivity contribution in [2.75, 3.05) is 0 Å². The Labute approximate surface area is 152 Å². The molecule has 0 amide bonds. The first-order valence-electron chi connectivity index (χ1n) is 8.23. The number of ether oxygens (including phenoxy) is 1. The Bertz CT molecular complexity index is 1230. The largest absolute Gasteiger partial charge is 0.594 e. The average Bonchev–Trinajstić information content (AvgIpc) is 3.37. The van der Waals surface area contributed by atoms with Crippen LogP contribution in [0.3, 0.4) is 0 Å². The normalized spacial score (nSPS) is 11.3. The van der Waals surface area contributed by atoms with E-state index in [1.165, 1.54) is 6.33 Å². The van der Waals surface area contributed by atoms with E-state index in [1.54, 1.807) is 28.9 Å². The maximum Gasteiger partial charge on any atom is 0.270 e. The molecule has 0 atom stereocenters. The Morgan fingerprint density at radius 1 is 1.15 bits per heavy atom. The molecule has 1 N–H and O–H groups in total. The van der Waals surface area contributed by atoms with Gasteiger partial charge in [-0.25, -0.2) is 9.50 Å². The molecule has 132 valence electrons. The minimum Gasteiger partial charge on any atom is -0.594 e. The summed E-state index contributed by atoms with van der Waals surface area (Å²) in [7, 11) is 0. The maximum atomic E-state index is 12.4. The van der Waals surface area contributed by atoms with Crippen LogP contribution >= 0.6 is 0 Å². The Balaban J connectivity index is 1.59. The predicted octanol–water partition coefficient (Wildman–Crippen LogP) is 1.88. The monoisotopic (exact) mass is 359 g/mol. The SMILES string of the molecule is [O-][n+]1nc2c(-c3ncn[nH]3)cnn2c2cc(OCc3ccccc3)ccc21. The van der Waals surface area contributed by atoms with E-state index in [9.17, 15) is 5.21 Å². The van der Waals surface area contributed by atoms with Crippen molar-refractivity contribution in [1.82, 2.24) is 29.9 Å². The van der Waals surface area contributed by atoms with Gasteiger partial charge in [0.05, 0.1) is 11.8 Å². The Morgan fingerprint density at radius 3 is 2.85 bits per heavy atom. The summed E-state index contributed by atoms with van der Waals surface area (Å²) in [5, 5.41) is 27.4. The molecule has 0 saturated carbocycles. The number of H-pyrrole nitrogens is 1. The standard InChI is InChI=1S/C18H13N7O2/c26-25-15-7-6-13(27-10-12-4-2-1-3-5-12)8-16(15)24-18(23-25)14(9-21-24)17-19-11-20-22-17/h1-9,11H,10H2,(H,19,20,22). The third kappa shape index (κ3) is 2.61. The number of nitrogens with zero attached hydrogens (tertiary/aromatic N) is 6. The van der Waals surface area contributed by atoms with Gasteiger partial charge in [-0.2, -0.15) is 10.2 Å². The molecule has 3 aromatic heterocycles. The van der Waals surface area contributed by atoms with Crippen LogP contribution in [0.5, 0.6) is 5.75 Å². The summed E-state index contributed by atoms with van der Waals surface area (Å²) in [6, 6.07) is 15.1. The second kappa shape index (κ2) is 6.06. The summed E-state index contributed by atoms with van der Waals surface area (Å²) >= 11 is 0. The lowest BCUT2D eigenvalue weighted by molar-refractivity contribution is -0.640. The highest BCUT2D eigenvalue weighted by molar-refractivity contribution is 5.80. The van der Waals surface area contributed by atoms with Gasteiger partial charge in [0.15, 0.2) is 5.82 Å². The van der Waals surface area contributed by atoms with E-state index in [0.717, 1.165) is 5.56 Å². The highest BCUT2D eigenvalue weighted by Crippen LogP contribution is 2.24. The second-order valence-corrected chi connectivity index (χ2v) is 5.93. The van der Waals surface area contributed by atoms with Crippen LogP contribution in [0.15, 0.2) is 61.1 Å². The van der Waals surface area contributed by atoms with Crippen molar-refractivity contribution in [3.63, 3.8) is 0 Å². The molecule has 9 heteroatoms. The lowest BCUT2D eigenvalue weighted by Crippen LogP contribution is -2.33. The van der Waals surface area contributed by atoms with Gasteiger partial charge in [0, 0.05) is 17.2 Å². The van der Waals surface area contributed by atoms with Gasteiger partial charge in [-0.3, -0.25) is 5.10 Å². The molecule has 5 rings (SSSR count). The molecular weight excluding hydrogens is 346 g/mol. The fourth-order valence-electron chi connectivity index (χ4n) is 2.92. The first-order valence-corrected chi connectivity index (χ1v) is 8.23. The summed E-state index contributed by atoms with van der Waals surface area (Å²) in [6.07, 6.45) is 2.99. The molecule has 0 saturated heterocycles. The smallest absolute Gasteiger partial charge is 0.270 e. The fourth-order valence-corrected chi connectivity index (χ4v) is 2.92. The number of hydrogen-bond acceptors (Lipinski definition) is 6. The quantitative estimate of drug-likeness (QED) is 0.388. The highest BCUT2D eigenvalue weighted by atomic mass is 16.5. The lowest BCUT2D eigenvalue weighted by Gasteiger charge is -2.08. The Kier molecular flexibility index (Phi) is 3.42. The van der Waals surface area contributed by atoms with Crippen LogP contribution in [0.1, 0.15) is 5.56 Å². The molecule has 0 fully saturated rings. The van der Waals surface area contributed by atoms with E-state index < -0.39 is 0 Å². The summed E-state index contributed by atoms with van der Waals surface area (Å²) in [6.45, 7) is 0.431. The van der Waals surface area contributed by atoms with Crippen LogP contribution in [0.4, 0.5) is 0 Å². The minimum absolute atomic E-state index is 0.384. The van der Waals surface area contributed by atoms with E-state index in [2.05, 4.69) is 25.4 Å². The van der Waals surface area contributed by atoms with Crippen LogP contribution in [0.25, 0.3) is 28.1 Å². The molecule has 0 aliphatic heterocycles. The fraction of sp³-hybridized carbons (Fsp3) is 0.0556. The first-order chi connectivity index (χ1) is 13.3. The molecule has 0 spiro atoms. The van der Waals surface area contributed by atoms with Crippen LogP contribution < -0.4 is 9.58 Å². The average molecular weight is 359 g/mol. The van der Waals surface area contributed by atoms with Gasteiger partial charge in [-0.15, -0.1) is 0 Å². The van der Waals surface area contributed by atoms with Gasteiger partial charge in [0.2, 0.25) is 5.65 Å². The van der Waals surface area contributed by atoms with Crippen molar-refractivity contribution in [3.8, 4) is 17.1 Å². The summed E-state index contributed by atoms with van der Waals surface area (Å²) < 4.78 is 7.46. The van der Waals surface area contributed by atoms with Crippen LogP contribution in [0, 0.1) is 5.21 Å². The first kappa shape index (κ1) is 15.3. The van der Waals surface area contributed by atoms with Crippen LogP contribution in [-0.2, 0) is 6.61 Å². The molecular formula is C18H13N7O2. The maximum absolute atomic E-state index is 12.4. The van der Waals surface area contributed by atoms with E-state index in [1.807, 2.05) is 30.3 Å². The number of aromatic amines is 1. The van der Waals surface area contributed by atoms with Gasteiger partial charge >= 0.3 is 0 Å². The Morgan fingerprint density at radius 2 is 2.04 bits per heavy atom. The third-order valence-corrected chi connectivity index (χ3v) is 4.23. The Hall–Kier alpha value is -4.01. The molecule has 0 radical (unpaired) electrons. The van der Waals surface area contributed by atoms with Gasteiger partial charge in [-0.05, 0) is 16.5 Å². The van der Waals surface area contributed by atoms with Crippen molar-refractivity contribution in [1.29, 1.82) is 0 Å². The molecule has 5 aromatic rings. The van der Waals surface area contributed by atoms with Gasteiger partial charge in [-0.1, -0.05) is 30.3 Å². The predicted molar refractivity (Wildman–Crippen MR) is 95.6 cm³/mol. The van der Waals surface area contributed by atoms with Crippen LogP contribution in [-0.4, -0.2) is 29.9 Å². The molecule has 0 unspecified atom stereocenters. The molecule has 2 aromatic carbocycles. The highest BCUT2D eigenvalue weighted by Gasteiger charge is 2.19. The summed E-state index contributed by atoms with van der Waals surface area (Å²) in [4.78, 5) is 4.68. The van der Waals surface area contributed by atoms with Crippen molar-refractivity contribution in [2.45, 2.75) is 6.61 Å². The molecule has 27 heavy (non-hydrogen) atoms. The number of hydrogen-bond donors (Lipinski definition) is 1. The van der Waals surface area contributed by atoms with E-state index in [4.69, 9.17) is 4.74 Å². The van der Waals surface area contributed by atoms with Crippen molar-refractivity contribution >= 4 is 16.7 Å². The van der Waals surface area contributed by atoms with Gasteiger partial charge in [0.1, 0.15) is 24.2 Å². The van der Waals surface area contributed by atoms with Gasteiger partial charge in [0.25, 0.3) is 5.52 Å². The second-order valence-electron chi connectivity index (χ2n) is 5.93. The summed E-state index contributed by atoms with van der Waals surface area (Å²) in [5.41, 5.74) is 3.01. The number of rotatable bonds is 4. The molecule has 0 aliphatic rings. The van der Waals surface area contributed by atoms with Crippen molar-refractivity contribution in [2.24, 2.45) is 0 Å². The molecule has 0 aliphatic carbocycles. The van der Waals surface area contributed by atoms with Crippen molar-refractivity contribution < 1.29 is 9.58 Å². The molecule has 9 nitrogen and oxygen atoms in total. The number of aromatic nitrogens is 7. The molecule has 0 bridgehead atoms. The number of nitrogens with one attached hydrogen (secondary N) is 1. The van der Waals surface area contributed by atoms with Crippen molar-refractivity contribution in [3.05, 3.63) is 71.8 Å². The molecule has 3 heterocycles. The number of fused-ring (bicyclic) bond motifs is 3. The zero-order chi connectivity index (χ0) is 18.2. The van der Waals surface area contributed by atoms with E-state index >= 15 is 0 Å². The minimum atomic E-state index is 0.384. The third-order valence-electron chi connectivity index (χ3n) is 4.23. The zero-order valence-electron chi connectivity index (χ0n) is 14.0. The van der Waals surface area contributed by atoms with E-state index in [0.29, 0.717) is 45.3 Å². The number of benzene rings is 2. The van der Waals surface area contributed by atoms with E-state index in [-0.39, 0.29) is 0 Å².